The minimum absolute atomic E-state index is 1.13. The molecule has 0 aromatic heterocycles. The molecular weight excluding hydrogens is 504 g/mol. The zero-order valence-corrected chi connectivity index (χ0v) is 23.2. The lowest BCUT2D eigenvalue weighted by molar-refractivity contribution is 1.64. The summed E-state index contributed by atoms with van der Waals surface area (Å²) in [4.78, 5) is 0. The SMILES string of the molecule is C=Cc1ccc(-c2c3ccccc3c(-c3c4ccccc4c(-c4ccccc4)c4ccccc34)c3ccccc23)cc1. The van der Waals surface area contributed by atoms with Crippen molar-refractivity contribution >= 4 is 49.2 Å². The quantitative estimate of drug-likeness (QED) is 0.198. The minimum atomic E-state index is 1.13. The van der Waals surface area contributed by atoms with Crippen molar-refractivity contribution in [2.75, 3.05) is 0 Å². The number of hydrogen-bond donors (Lipinski definition) is 0. The maximum absolute atomic E-state index is 3.95. The summed E-state index contributed by atoms with van der Waals surface area (Å²) < 4.78 is 0. The maximum atomic E-state index is 3.95. The lowest BCUT2D eigenvalue weighted by atomic mass is 9.81. The summed E-state index contributed by atoms with van der Waals surface area (Å²) in [5.74, 6) is 0. The summed E-state index contributed by atoms with van der Waals surface area (Å²) in [6, 6.07) is 55.3. The molecule has 0 N–H and O–H groups in total. The van der Waals surface area contributed by atoms with Crippen molar-refractivity contribution in [3.05, 3.63) is 164 Å². The summed E-state index contributed by atoms with van der Waals surface area (Å²) in [6.07, 6.45) is 1.90. The second-order valence-electron chi connectivity index (χ2n) is 10.9. The average Bonchev–Trinajstić information content (AvgIpc) is 3.07. The number of benzene rings is 8. The fraction of sp³-hybridized carbons (Fsp3) is 0. The van der Waals surface area contributed by atoms with Crippen molar-refractivity contribution < 1.29 is 0 Å². The zero-order chi connectivity index (χ0) is 28.0. The topological polar surface area (TPSA) is 0 Å². The van der Waals surface area contributed by atoms with E-state index in [0.29, 0.717) is 0 Å². The van der Waals surface area contributed by atoms with Crippen molar-refractivity contribution in [3.63, 3.8) is 0 Å². The van der Waals surface area contributed by atoms with E-state index in [-0.39, 0.29) is 0 Å². The van der Waals surface area contributed by atoms with E-state index in [1.54, 1.807) is 0 Å². The van der Waals surface area contributed by atoms with Crippen LogP contribution in [0, 0.1) is 0 Å². The second kappa shape index (κ2) is 9.87. The van der Waals surface area contributed by atoms with E-state index in [2.05, 4.69) is 158 Å². The molecule has 0 atom stereocenters. The molecule has 0 heteroatoms. The van der Waals surface area contributed by atoms with Gasteiger partial charge in [0.05, 0.1) is 0 Å². The van der Waals surface area contributed by atoms with Crippen LogP contribution in [0.15, 0.2) is 158 Å². The van der Waals surface area contributed by atoms with Crippen LogP contribution in [0.2, 0.25) is 0 Å². The molecule has 0 unspecified atom stereocenters. The van der Waals surface area contributed by atoms with Crippen LogP contribution in [-0.2, 0) is 0 Å². The first-order valence-corrected chi connectivity index (χ1v) is 14.5. The van der Waals surface area contributed by atoms with E-state index in [9.17, 15) is 0 Å². The minimum Gasteiger partial charge on any atom is -0.0985 e. The Bertz CT molecular complexity index is 2170. The highest BCUT2D eigenvalue weighted by molar-refractivity contribution is 6.29. The molecule has 0 radical (unpaired) electrons. The lowest BCUT2D eigenvalue weighted by Gasteiger charge is -2.22. The Kier molecular flexibility index (Phi) is 5.72. The molecular formula is C42H28. The molecule has 0 aliphatic carbocycles. The van der Waals surface area contributed by atoms with Gasteiger partial charge < -0.3 is 0 Å². The van der Waals surface area contributed by atoms with E-state index >= 15 is 0 Å². The van der Waals surface area contributed by atoms with Crippen LogP contribution in [0.1, 0.15) is 5.56 Å². The first-order valence-electron chi connectivity index (χ1n) is 14.5. The molecule has 0 saturated heterocycles. The lowest BCUT2D eigenvalue weighted by Crippen LogP contribution is -1.94. The maximum Gasteiger partial charge on any atom is -0.00139 e. The van der Waals surface area contributed by atoms with Gasteiger partial charge in [0.15, 0.2) is 0 Å². The third-order valence-corrected chi connectivity index (χ3v) is 8.61. The van der Waals surface area contributed by atoms with Crippen LogP contribution < -0.4 is 0 Å². The molecule has 0 aliphatic heterocycles. The Hall–Kier alpha value is -5.46. The van der Waals surface area contributed by atoms with Crippen LogP contribution >= 0.6 is 0 Å². The van der Waals surface area contributed by atoms with Gasteiger partial charge in [0.2, 0.25) is 0 Å². The predicted octanol–water partition coefficient (Wildman–Crippen LogP) is 11.9. The monoisotopic (exact) mass is 532 g/mol. The Labute approximate surface area is 245 Å². The molecule has 0 bridgehead atoms. The van der Waals surface area contributed by atoms with Gasteiger partial charge >= 0.3 is 0 Å². The number of hydrogen-bond acceptors (Lipinski definition) is 0. The molecule has 0 nitrogen and oxygen atoms in total. The van der Waals surface area contributed by atoms with Crippen LogP contribution in [0.25, 0.3) is 82.5 Å². The van der Waals surface area contributed by atoms with Crippen LogP contribution in [0.3, 0.4) is 0 Å². The predicted molar refractivity (Wildman–Crippen MR) is 183 cm³/mol. The Morgan fingerprint density at radius 1 is 0.286 bits per heavy atom. The molecule has 8 aromatic rings. The first-order chi connectivity index (χ1) is 20.8. The van der Waals surface area contributed by atoms with E-state index in [1.165, 1.54) is 76.5 Å². The van der Waals surface area contributed by atoms with Gasteiger partial charge in [-0.3, -0.25) is 0 Å². The van der Waals surface area contributed by atoms with Crippen molar-refractivity contribution in [1.29, 1.82) is 0 Å². The summed E-state index contributed by atoms with van der Waals surface area (Å²) >= 11 is 0. The summed E-state index contributed by atoms with van der Waals surface area (Å²) in [7, 11) is 0. The van der Waals surface area contributed by atoms with Gasteiger partial charge in [0.25, 0.3) is 0 Å². The third kappa shape index (κ3) is 3.70. The van der Waals surface area contributed by atoms with Crippen LogP contribution in [0.5, 0.6) is 0 Å². The highest BCUT2D eigenvalue weighted by Crippen LogP contribution is 2.49. The molecule has 0 amide bonds. The van der Waals surface area contributed by atoms with Gasteiger partial charge in [-0.1, -0.05) is 164 Å². The van der Waals surface area contributed by atoms with E-state index < -0.39 is 0 Å². The smallest absolute Gasteiger partial charge is 0.00139 e. The Morgan fingerprint density at radius 3 is 0.905 bits per heavy atom. The van der Waals surface area contributed by atoms with E-state index in [4.69, 9.17) is 0 Å². The summed E-state index contributed by atoms with van der Waals surface area (Å²) in [5.41, 5.74) is 8.73. The molecule has 0 aliphatic rings. The summed E-state index contributed by atoms with van der Waals surface area (Å²) in [5, 5.41) is 10.1. The molecule has 42 heavy (non-hydrogen) atoms. The molecule has 0 saturated carbocycles. The number of fused-ring (bicyclic) bond motifs is 4. The largest absolute Gasteiger partial charge is 0.0985 e. The van der Waals surface area contributed by atoms with Crippen molar-refractivity contribution in [2.45, 2.75) is 0 Å². The van der Waals surface area contributed by atoms with Crippen molar-refractivity contribution in [1.82, 2.24) is 0 Å². The molecule has 196 valence electrons. The van der Waals surface area contributed by atoms with Gasteiger partial charge in [0, 0.05) is 0 Å². The molecule has 8 aromatic carbocycles. The van der Waals surface area contributed by atoms with Gasteiger partial charge in [-0.2, -0.15) is 0 Å². The Morgan fingerprint density at radius 2 is 0.571 bits per heavy atom. The van der Waals surface area contributed by atoms with E-state index in [1.807, 2.05) is 6.08 Å². The highest BCUT2D eigenvalue weighted by Gasteiger charge is 2.21. The van der Waals surface area contributed by atoms with Gasteiger partial charge in [-0.25, -0.2) is 0 Å². The average molecular weight is 533 g/mol. The fourth-order valence-corrected chi connectivity index (χ4v) is 6.81. The van der Waals surface area contributed by atoms with Crippen LogP contribution in [0.4, 0.5) is 0 Å². The summed E-state index contributed by atoms with van der Waals surface area (Å²) in [6.45, 7) is 3.95. The van der Waals surface area contributed by atoms with Crippen molar-refractivity contribution in [2.24, 2.45) is 0 Å². The van der Waals surface area contributed by atoms with Crippen LogP contribution in [-0.4, -0.2) is 0 Å². The molecule has 8 rings (SSSR count). The van der Waals surface area contributed by atoms with Gasteiger partial charge in [-0.05, 0) is 82.0 Å². The highest BCUT2D eigenvalue weighted by atomic mass is 14.2. The van der Waals surface area contributed by atoms with Gasteiger partial charge in [-0.15, -0.1) is 0 Å². The third-order valence-electron chi connectivity index (χ3n) is 8.61. The molecule has 0 spiro atoms. The number of rotatable bonds is 4. The molecule has 0 fully saturated rings. The normalized spacial score (nSPS) is 11.4. The Balaban J connectivity index is 1.58. The van der Waals surface area contributed by atoms with E-state index in [0.717, 1.165) is 5.56 Å². The zero-order valence-electron chi connectivity index (χ0n) is 23.2. The fourth-order valence-electron chi connectivity index (χ4n) is 6.81. The van der Waals surface area contributed by atoms with Gasteiger partial charge in [0.1, 0.15) is 0 Å². The first kappa shape index (κ1) is 24.3. The standard InChI is InChI=1S/C42H28/c1-2-28-24-26-30(27-25-28)40-33-18-8-12-22-37(33)42(38-23-13-9-19-34(38)40)41-35-20-10-6-16-31(35)39(29-14-4-3-5-15-29)32-17-7-11-21-36(32)41/h2-27H,1H2. The molecule has 0 heterocycles. The second-order valence-corrected chi connectivity index (χ2v) is 10.9. The van der Waals surface area contributed by atoms with Crippen molar-refractivity contribution in [3.8, 4) is 33.4 Å².